The van der Waals surface area contributed by atoms with Crippen LogP contribution in [0.25, 0.3) is 0 Å². The van der Waals surface area contributed by atoms with Gasteiger partial charge in [0.2, 0.25) is 0 Å². The molecule has 4 aromatic carbocycles. The number of nitrogens with zero attached hydrogens (tertiary/aromatic N) is 4. The van der Waals surface area contributed by atoms with Crippen LogP contribution in [0.1, 0.15) is 80.5 Å². The number of carbonyl (C=O) groups is 2. The topological polar surface area (TPSA) is 107 Å². The SMILES string of the molecule is COC(=O)c1cccc(C(C#N)C2CCN(Cc3ccc(Br)cc3)CC2)c1.COC(=O)c1cccc(C(C#N)C2CCN(Cc3ccc(Br)cc3)CC2)c1.Cl. The smallest absolute Gasteiger partial charge is 0.337 e. The third kappa shape index (κ3) is 12.5. The van der Waals surface area contributed by atoms with Gasteiger partial charge < -0.3 is 9.47 Å². The summed E-state index contributed by atoms with van der Waals surface area (Å²) < 4.78 is 11.8. The normalized spacial score (nSPS) is 16.2. The van der Waals surface area contributed by atoms with E-state index in [2.05, 4.69) is 102 Å². The third-order valence-electron chi connectivity index (χ3n) is 10.5. The van der Waals surface area contributed by atoms with Crippen LogP contribution in [0.3, 0.4) is 0 Å². The van der Waals surface area contributed by atoms with Crippen LogP contribution in [0.15, 0.2) is 106 Å². The number of benzene rings is 4. The van der Waals surface area contributed by atoms with Crippen LogP contribution in [0.4, 0.5) is 0 Å². The maximum Gasteiger partial charge on any atom is 0.337 e. The lowest BCUT2D eigenvalue weighted by molar-refractivity contribution is 0.0591. The minimum atomic E-state index is -0.363. The van der Waals surface area contributed by atoms with E-state index in [1.807, 2.05) is 24.3 Å². The molecule has 288 valence electrons. The third-order valence-corrected chi connectivity index (χ3v) is 11.5. The lowest BCUT2D eigenvalue weighted by atomic mass is 9.80. The molecule has 0 amide bonds. The zero-order valence-electron chi connectivity index (χ0n) is 31.2. The molecule has 0 radical (unpaired) electrons. The molecule has 2 aliphatic rings. The Kier molecular flexibility index (Phi) is 17.4. The number of piperidine rings is 2. The van der Waals surface area contributed by atoms with Crippen LogP contribution >= 0.6 is 44.3 Å². The van der Waals surface area contributed by atoms with Crippen LogP contribution in [-0.4, -0.2) is 62.1 Å². The summed E-state index contributed by atoms with van der Waals surface area (Å²) in [5, 5.41) is 19.5. The molecule has 2 atom stereocenters. The zero-order valence-corrected chi connectivity index (χ0v) is 35.2. The van der Waals surface area contributed by atoms with E-state index in [4.69, 9.17) is 9.47 Å². The van der Waals surface area contributed by atoms with Gasteiger partial charge in [-0.25, -0.2) is 9.59 Å². The van der Waals surface area contributed by atoms with Gasteiger partial charge >= 0.3 is 11.9 Å². The first-order valence-electron chi connectivity index (χ1n) is 18.3. The van der Waals surface area contributed by atoms with Gasteiger partial charge in [0, 0.05) is 22.0 Å². The molecule has 0 aromatic heterocycles. The number of hydrogen-bond donors (Lipinski definition) is 0. The molecule has 2 fully saturated rings. The van der Waals surface area contributed by atoms with E-state index in [9.17, 15) is 20.1 Å². The average molecular weight is 891 g/mol. The quantitative estimate of drug-likeness (QED) is 0.145. The van der Waals surface area contributed by atoms with E-state index in [0.29, 0.717) is 23.0 Å². The number of methoxy groups -OCH3 is 2. The molecule has 0 aliphatic carbocycles. The second kappa shape index (κ2) is 21.9. The molecule has 6 rings (SSSR count). The van der Waals surface area contributed by atoms with Gasteiger partial charge in [-0.05, 0) is 134 Å². The first-order chi connectivity index (χ1) is 26.2. The zero-order chi connectivity index (χ0) is 38.5. The van der Waals surface area contributed by atoms with Crippen LogP contribution in [0.2, 0.25) is 0 Å². The van der Waals surface area contributed by atoms with E-state index >= 15 is 0 Å². The summed E-state index contributed by atoms with van der Waals surface area (Å²) in [7, 11) is 2.75. The highest BCUT2D eigenvalue weighted by Crippen LogP contribution is 2.35. The van der Waals surface area contributed by atoms with Crippen molar-refractivity contribution < 1.29 is 19.1 Å². The first kappa shape index (κ1) is 43.7. The van der Waals surface area contributed by atoms with E-state index in [1.54, 1.807) is 24.3 Å². The molecule has 4 aromatic rings. The van der Waals surface area contributed by atoms with Crippen molar-refractivity contribution in [2.24, 2.45) is 11.8 Å². The molecule has 8 nitrogen and oxygen atoms in total. The number of halogens is 3. The first-order valence-corrected chi connectivity index (χ1v) is 19.9. The standard InChI is InChI=1S/2C22H23BrN2O2.ClH/c2*1-27-22(26)19-4-2-3-18(13-19)21(14-24)17-9-11-25(12-10-17)15-16-5-7-20(23)8-6-16;/h2*2-8,13,17,21H,9-12,15H2,1H3;1H. The van der Waals surface area contributed by atoms with Crippen molar-refractivity contribution in [1.82, 2.24) is 9.80 Å². The van der Waals surface area contributed by atoms with Crippen LogP contribution in [0, 0.1) is 34.5 Å². The van der Waals surface area contributed by atoms with Gasteiger partial charge in [-0.15, -0.1) is 12.4 Å². The van der Waals surface area contributed by atoms with Crippen molar-refractivity contribution in [2.75, 3.05) is 40.4 Å². The van der Waals surface area contributed by atoms with E-state index in [1.165, 1.54) is 25.3 Å². The van der Waals surface area contributed by atoms with Gasteiger partial charge in [0.05, 0.1) is 49.3 Å². The molecule has 0 bridgehead atoms. The lowest BCUT2D eigenvalue weighted by Crippen LogP contribution is -2.35. The second-order valence-electron chi connectivity index (χ2n) is 13.9. The molecule has 2 unspecified atom stereocenters. The molecule has 0 N–H and O–H groups in total. The van der Waals surface area contributed by atoms with Crippen LogP contribution < -0.4 is 0 Å². The van der Waals surface area contributed by atoms with Crippen molar-refractivity contribution in [2.45, 2.75) is 50.6 Å². The minimum absolute atomic E-state index is 0. The fourth-order valence-electron chi connectivity index (χ4n) is 7.44. The van der Waals surface area contributed by atoms with Crippen LogP contribution in [-0.2, 0) is 22.6 Å². The van der Waals surface area contributed by atoms with Gasteiger partial charge in [-0.2, -0.15) is 10.5 Å². The second-order valence-corrected chi connectivity index (χ2v) is 15.8. The van der Waals surface area contributed by atoms with Gasteiger partial charge in [0.1, 0.15) is 0 Å². The molecular formula is C44H47Br2ClN4O4. The average Bonchev–Trinajstić information content (AvgIpc) is 3.21. The maximum atomic E-state index is 11.8. The van der Waals surface area contributed by atoms with Crippen molar-refractivity contribution in [3.63, 3.8) is 0 Å². The predicted octanol–water partition coefficient (Wildman–Crippen LogP) is 9.93. The van der Waals surface area contributed by atoms with E-state index < -0.39 is 0 Å². The number of nitriles is 2. The monoisotopic (exact) mass is 888 g/mol. The summed E-state index contributed by atoms with van der Waals surface area (Å²) in [6.07, 6.45) is 3.93. The number of ether oxygens (including phenoxy) is 2. The fourth-order valence-corrected chi connectivity index (χ4v) is 7.97. The molecule has 0 spiro atoms. The number of carbonyl (C=O) groups excluding carboxylic acids is 2. The highest BCUT2D eigenvalue weighted by molar-refractivity contribution is 9.10. The Morgan fingerprint density at radius 1 is 0.636 bits per heavy atom. The molecule has 0 saturated carbocycles. The molecule has 55 heavy (non-hydrogen) atoms. The number of rotatable bonds is 10. The number of hydrogen-bond acceptors (Lipinski definition) is 8. The van der Waals surface area contributed by atoms with Crippen LogP contribution in [0.5, 0.6) is 0 Å². The van der Waals surface area contributed by atoms with Gasteiger partial charge in [0.25, 0.3) is 0 Å². The largest absolute Gasteiger partial charge is 0.465 e. The number of likely N-dealkylation sites (tertiary alicyclic amines) is 2. The summed E-state index contributed by atoms with van der Waals surface area (Å²) >= 11 is 6.94. The summed E-state index contributed by atoms with van der Waals surface area (Å²) in [6, 6.07) is 36.4. The van der Waals surface area contributed by atoms with Gasteiger partial charge in [-0.3, -0.25) is 9.80 Å². The molecule has 2 heterocycles. The Morgan fingerprint density at radius 3 is 1.29 bits per heavy atom. The fraction of sp³-hybridized carbons (Fsp3) is 0.364. The summed E-state index contributed by atoms with van der Waals surface area (Å²) in [5.74, 6) is -0.488. The summed E-state index contributed by atoms with van der Waals surface area (Å²) in [4.78, 5) is 28.4. The van der Waals surface area contributed by atoms with Gasteiger partial charge in [0.15, 0.2) is 0 Å². The molecule has 11 heteroatoms. The molecular weight excluding hydrogens is 844 g/mol. The Morgan fingerprint density at radius 2 is 0.982 bits per heavy atom. The maximum absolute atomic E-state index is 11.8. The highest BCUT2D eigenvalue weighted by Gasteiger charge is 2.29. The van der Waals surface area contributed by atoms with E-state index in [0.717, 1.165) is 85.0 Å². The van der Waals surface area contributed by atoms with Crippen molar-refractivity contribution in [3.8, 4) is 12.1 Å². The van der Waals surface area contributed by atoms with Crippen molar-refractivity contribution in [3.05, 3.63) is 139 Å². The molecule has 2 aliphatic heterocycles. The Balaban J connectivity index is 0.000000240. The van der Waals surface area contributed by atoms with E-state index in [-0.39, 0.29) is 36.2 Å². The van der Waals surface area contributed by atoms with Crippen molar-refractivity contribution >= 4 is 56.2 Å². The Labute approximate surface area is 348 Å². The highest BCUT2D eigenvalue weighted by atomic mass is 79.9. The lowest BCUT2D eigenvalue weighted by Gasteiger charge is -2.34. The molecule has 2 saturated heterocycles. The summed E-state index contributed by atoms with van der Waals surface area (Å²) in [5.41, 5.74) is 5.43. The number of esters is 2. The summed E-state index contributed by atoms with van der Waals surface area (Å²) in [6.45, 7) is 5.81. The van der Waals surface area contributed by atoms with Gasteiger partial charge in [-0.1, -0.05) is 80.4 Å². The Bertz CT molecular complexity index is 1790. The van der Waals surface area contributed by atoms with Crippen molar-refractivity contribution in [1.29, 1.82) is 10.5 Å². The predicted molar refractivity (Wildman–Crippen MR) is 224 cm³/mol. The Hall–Kier alpha value is -4.03. The minimum Gasteiger partial charge on any atom is -0.465 e.